The first-order valence-electron chi connectivity index (χ1n) is 6.52. The minimum absolute atomic E-state index is 0.0949. The molecule has 0 spiro atoms. The number of benzene rings is 1. The second-order valence-corrected chi connectivity index (χ2v) is 4.45. The Morgan fingerprint density at radius 3 is 2.56 bits per heavy atom. The number of methoxy groups -OCH3 is 1. The highest BCUT2D eigenvalue weighted by atomic mass is 16.5. The minimum atomic E-state index is 0.0949. The van der Waals surface area contributed by atoms with Crippen molar-refractivity contribution in [2.45, 2.75) is 33.7 Å². The molecule has 0 aliphatic carbocycles. The van der Waals surface area contributed by atoms with Gasteiger partial charge in [0.15, 0.2) is 5.78 Å². The van der Waals surface area contributed by atoms with Crippen LogP contribution in [-0.4, -0.2) is 30.9 Å². The SMILES string of the molecule is CCCN(CC)Cc1cc(C(C)=O)ccc1OC. The maximum absolute atomic E-state index is 11.4. The van der Waals surface area contributed by atoms with Crippen molar-refractivity contribution in [3.63, 3.8) is 0 Å². The summed E-state index contributed by atoms with van der Waals surface area (Å²) in [5.74, 6) is 0.951. The minimum Gasteiger partial charge on any atom is -0.496 e. The second kappa shape index (κ2) is 7.17. The number of hydrogen-bond acceptors (Lipinski definition) is 3. The Morgan fingerprint density at radius 2 is 2.06 bits per heavy atom. The number of hydrogen-bond donors (Lipinski definition) is 0. The van der Waals surface area contributed by atoms with E-state index in [1.54, 1.807) is 14.0 Å². The van der Waals surface area contributed by atoms with E-state index < -0.39 is 0 Å². The average Bonchev–Trinajstić information content (AvgIpc) is 2.37. The molecule has 0 unspecified atom stereocenters. The molecule has 0 radical (unpaired) electrons. The monoisotopic (exact) mass is 249 g/mol. The van der Waals surface area contributed by atoms with Crippen LogP contribution in [0.25, 0.3) is 0 Å². The van der Waals surface area contributed by atoms with Crippen LogP contribution in [0.1, 0.15) is 43.1 Å². The number of carbonyl (C=O) groups is 1. The molecule has 0 bridgehead atoms. The number of ketones is 1. The van der Waals surface area contributed by atoms with E-state index in [0.717, 1.165) is 42.9 Å². The van der Waals surface area contributed by atoms with Gasteiger partial charge in [-0.1, -0.05) is 13.8 Å². The summed E-state index contributed by atoms with van der Waals surface area (Å²) in [5, 5.41) is 0. The highest BCUT2D eigenvalue weighted by Gasteiger charge is 2.10. The largest absolute Gasteiger partial charge is 0.496 e. The molecular formula is C15H23NO2. The van der Waals surface area contributed by atoms with Gasteiger partial charge in [-0.2, -0.15) is 0 Å². The molecule has 0 atom stereocenters. The highest BCUT2D eigenvalue weighted by molar-refractivity contribution is 5.94. The van der Waals surface area contributed by atoms with Crippen LogP contribution in [0.2, 0.25) is 0 Å². The fraction of sp³-hybridized carbons (Fsp3) is 0.533. The van der Waals surface area contributed by atoms with Crippen LogP contribution in [0, 0.1) is 0 Å². The first kappa shape index (κ1) is 14.7. The second-order valence-electron chi connectivity index (χ2n) is 4.45. The molecular weight excluding hydrogens is 226 g/mol. The van der Waals surface area contributed by atoms with Gasteiger partial charge in [0.2, 0.25) is 0 Å². The van der Waals surface area contributed by atoms with E-state index in [1.807, 2.05) is 18.2 Å². The van der Waals surface area contributed by atoms with E-state index in [4.69, 9.17) is 4.74 Å². The van der Waals surface area contributed by atoms with Crippen LogP contribution in [-0.2, 0) is 6.54 Å². The van der Waals surface area contributed by atoms with Crippen molar-refractivity contribution >= 4 is 5.78 Å². The Hall–Kier alpha value is -1.35. The molecule has 3 nitrogen and oxygen atoms in total. The predicted octanol–water partition coefficient (Wildman–Crippen LogP) is 3.13. The van der Waals surface area contributed by atoms with Crippen LogP contribution in [0.3, 0.4) is 0 Å². The fourth-order valence-corrected chi connectivity index (χ4v) is 2.03. The molecule has 0 heterocycles. The number of ether oxygens (including phenoxy) is 1. The molecule has 3 heteroatoms. The van der Waals surface area contributed by atoms with Crippen molar-refractivity contribution in [3.05, 3.63) is 29.3 Å². The van der Waals surface area contributed by atoms with E-state index >= 15 is 0 Å². The molecule has 100 valence electrons. The number of Topliss-reactive ketones (excluding diaryl/α,β-unsaturated/α-hetero) is 1. The standard InChI is InChI=1S/C15H23NO2/c1-5-9-16(6-2)11-14-10-13(12(3)17)7-8-15(14)18-4/h7-8,10H,5-6,9,11H2,1-4H3. The zero-order valence-corrected chi connectivity index (χ0v) is 11.8. The van der Waals surface area contributed by atoms with Gasteiger partial charge in [0.05, 0.1) is 7.11 Å². The molecule has 0 N–H and O–H groups in total. The fourth-order valence-electron chi connectivity index (χ4n) is 2.03. The third kappa shape index (κ3) is 3.84. The van der Waals surface area contributed by atoms with Crippen LogP contribution < -0.4 is 4.74 Å². The van der Waals surface area contributed by atoms with E-state index in [-0.39, 0.29) is 5.78 Å². The Labute approximate surface area is 110 Å². The molecule has 1 aromatic carbocycles. The van der Waals surface area contributed by atoms with Crippen molar-refractivity contribution in [1.82, 2.24) is 4.90 Å². The highest BCUT2D eigenvalue weighted by Crippen LogP contribution is 2.22. The molecule has 1 aromatic rings. The lowest BCUT2D eigenvalue weighted by Gasteiger charge is -2.21. The summed E-state index contributed by atoms with van der Waals surface area (Å²) in [7, 11) is 1.67. The molecule has 0 aliphatic heterocycles. The molecule has 1 rings (SSSR count). The lowest BCUT2D eigenvalue weighted by Crippen LogP contribution is -2.24. The zero-order chi connectivity index (χ0) is 13.5. The average molecular weight is 249 g/mol. The summed E-state index contributed by atoms with van der Waals surface area (Å²) in [6.45, 7) is 8.80. The number of nitrogens with zero attached hydrogens (tertiary/aromatic N) is 1. The van der Waals surface area contributed by atoms with E-state index in [1.165, 1.54) is 0 Å². The van der Waals surface area contributed by atoms with Crippen LogP contribution in [0.15, 0.2) is 18.2 Å². The lowest BCUT2D eigenvalue weighted by atomic mass is 10.1. The third-order valence-corrected chi connectivity index (χ3v) is 3.07. The number of rotatable bonds is 7. The molecule has 18 heavy (non-hydrogen) atoms. The van der Waals surface area contributed by atoms with Crippen molar-refractivity contribution < 1.29 is 9.53 Å². The lowest BCUT2D eigenvalue weighted by molar-refractivity contribution is 0.101. The first-order chi connectivity index (χ1) is 8.62. The Bertz CT molecular complexity index is 401. The summed E-state index contributed by atoms with van der Waals surface area (Å²) in [5.41, 5.74) is 1.83. The smallest absolute Gasteiger partial charge is 0.159 e. The van der Waals surface area contributed by atoms with Gasteiger partial charge in [0.25, 0.3) is 0 Å². The summed E-state index contributed by atoms with van der Waals surface area (Å²) in [6.07, 6.45) is 1.13. The molecule has 0 saturated heterocycles. The Balaban J connectivity index is 2.96. The zero-order valence-electron chi connectivity index (χ0n) is 11.8. The predicted molar refractivity (Wildman–Crippen MR) is 74.2 cm³/mol. The summed E-state index contributed by atoms with van der Waals surface area (Å²) in [6, 6.07) is 5.64. The van der Waals surface area contributed by atoms with Gasteiger partial charge < -0.3 is 4.74 Å². The van der Waals surface area contributed by atoms with Gasteiger partial charge in [0.1, 0.15) is 5.75 Å². The summed E-state index contributed by atoms with van der Waals surface area (Å²) < 4.78 is 5.37. The van der Waals surface area contributed by atoms with Crippen molar-refractivity contribution in [3.8, 4) is 5.75 Å². The van der Waals surface area contributed by atoms with Gasteiger partial charge in [-0.15, -0.1) is 0 Å². The quantitative estimate of drug-likeness (QED) is 0.695. The normalized spacial score (nSPS) is 10.7. The summed E-state index contributed by atoms with van der Waals surface area (Å²) >= 11 is 0. The summed E-state index contributed by atoms with van der Waals surface area (Å²) in [4.78, 5) is 13.8. The molecule has 0 amide bonds. The van der Waals surface area contributed by atoms with Crippen LogP contribution in [0.4, 0.5) is 0 Å². The van der Waals surface area contributed by atoms with Crippen molar-refractivity contribution in [2.75, 3.05) is 20.2 Å². The maximum Gasteiger partial charge on any atom is 0.159 e. The van der Waals surface area contributed by atoms with Crippen LogP contribution in [0.5, 0.6) is 5.75 Å². The topological polar surface area (TPSA) is 29.5 Å². The van der Waals surface area contributed by atoms with E-state index in [2.05, 4.69) is 18.7 Å². The van der Waals surface area contributed by atoms with Crippen molar-refractivity contribution in [2.24, 2.45) is 0 Å². The third-order valence-electron chi connectivity index (χ3n) is 3.07. The molecule has 0 fully saturated rings. The van der Waals surface area contributed by atoms with Gasteiger partial charge in [-0.3, -0.25) is 9.69 Å². The van der Waals surface area contributed by atoms with Gasteiger partial charge >= 0.3 is 0 Å². The van der Waals surface area contributed by atoms with Crippen LogP contribution >= 0.6 is 0 Å². The Morgan fingerprint density at radius 1 is 1.33 bits per heavy atom. The van der Waals surface area contributed by atoms with Gasteiger partial charge in [-0.05, 0) is 44.6 Å². The molecule has 0 saturated carbocycles. The van der Waals surface area contributed by atoms with Crippen molar-refractivity contribution in [1.29, 1.82) is 0 Å². The molecule has 0 aliphatic rings. The van der Waals surface area contributed by atoms with Gasteiger partial charge in [-0.25, -0.2) is 0 Å². The van der Waals surface area contributed by atoms with E-state index in [0.29, 0.717) is 0 Å². The van der Waals surface area contributed by atoms with Gasteiger partial charge in [0, 0.05) is 17.7 Å². The Kier molecular flexibility index (Phi) is 5.86. The maximum atomic E-state index is 11.4. The number of carbonyl (C=O) groups excluding carboxylic acids is 1. The first-order valence-corrected chi connectivity index (χ1v) is 6.52. The molecule has 0 aromatic heterocycles. The van der Waals surface area contributed by atoms with E-state index in [9.17, 15) is 4.79 Å².